The van der Waals surface area contributed by atoms with Crippen molar-refractivity contribution in [3.8, 4) is 17.2 Å². The van der Waals surface area contributed by atoms with Gasteiger partial charge in [0.25, 0.3) is 0 Å². The van der Waals surface area contributed by atoms with Crippen LogP contribution in [0.4, 0.5) is 0 Å². The van der Waals surface area contributed by atoms with Crippen LogP contribution in [0, 0.1) is 6.92 Å². The zero-order valence-electron chi connectivity index (χ0n) is 25.3. The fraction of sp³-hybridized carbons (Fsp3) is 0.0732. The molecule has 3 aromatic heterocycles. The van der Waals surface area contributed by atoms with Crippen molar-refractivity contribution in [2.45, 2.75) is 20.3 Å². The van der Waals surface area contributed by atoms with Crippen LogP contribution in [-0.4, -0.2) is 14.5 Å². The van der Waals surface area contributed by atoms with Crippen LogP contribution in [0.5, 0.6) is 0 Å². The highest BCUT2D eigenvalue weighted by Crippen LogP contribution is 2.37. The number of aryl methyl sites for hydroxylation is 1. The Hall–Kier alpha value is -5.74. The number of para-hydroxylation sites is 2. The predicted molar refractivity (Wildman–Crippen MR) is 188 cm³/mol. The van der Waals surface area contributed by atoms with E-state index in [2.05, 4.69) is 103 Å². The van der Waals surface area contributed by atoms with E-state index >= 15 is 0 Å². The molecule has 8 aromatic rings. The topological polar surface area (TPSA) is 43.9 Å². The molecule has 0 aliphatic carbocycles. The maximum absolute atomic E-state index is 6.38. The van der Waals surface area contributed by atoms with Crippen molar-refractivity contribution in [3.05, 3.63) is 150 Å². The monoisotopic (exact) mass is 581 g/mol. The number of nitrogens with zero attached hydrogens (tertiary/aromatic N) is 3. The van der Waals surface area contributed by atoms with Gasteiger partial charge in [-0.15, -0.1) is 0 Å². The Bertz CT molecular complexity index is 2440. The van der Waals surface area contributed by atoms with E-state index in [1.165, 1.54) is 21.9 Å². The normalized spacial score (nSPS) is 11.9. The second-order valence-corrected chi connectivity index (χ2v) is 11.5. The van der Waals surface area contributed by atoms with E-state index in [9.17, 15) is 0 Å². The van der Waals surface area contributed by atoms with Crippen molar-refractivity contribution in [1.29, 1.82) is 0 Å². The SMILES string of the molecule is C=Cc1c(C=CC)oc2c(Cc3ccc4c(c3)c3cc(C)ccc3n4-c3nc(-c4ccccc4)nc4ccccc34)cccc12. The third kappa shape index (κ3) is 4.46. The van der Waals surface area contributed by atoms with Crippen molar-refractivity contribution in [2.24, 2.45) is 0 Å². The minimum absolute atomic E-state index is 0.714. The average molecular weight is 582 g/mol. The molecule has 5 aromatic carbocycles. The van der Waals surface area contributed by atoms with Crippen molar-refractivity contribution >= 4 is 55.8 Å². The van der Waals surface area contributed by atoms with Crippen LogP contribution < -0.4 is 0 Å². The first-order valence-electron chi connectivity index (χ1n) is 15.3. The fourth-order valence-electron chi connectivity index (χ4n) is 6.53. The van der Waals surface area contributed by atoms with Crippen LogP contribution in [-0.2, 0) is 6.42 Å². The molecule has 8 rings (SSSR count). The number of fused-ring (bicyclic) bond motifs is 5. The molecule has 0 unspecified atom stereocenters. The minimum atomic E-state index is 0.714. The summed E-state index contributed by atoms with van der Waals surface area (Å²) in [6.45, 7) is 8.19. The number of hydrogen-bond donors (Lipinski definition) is 0. The lowest BCUT2D eigenvalue weighted by Crippen LogP contribution is -2.02. The van der Waals surface area contributed by atoms with Gasteiger partial charge < -0.3 is 4.42 Å². The summed E-state index contributed by atoms with van der Waals surface area (Å²) in [6, 6.07) is 38.3. The largest absolute Gasteiger partial charge is 0.456 e. The molecule has 0 spiro atoms. The summed E-state index contributed by atoms with van der Waals surface area (Å²) in [7, 11) is 0. The molecule has 0 N–H and O–H groups in total. The zero-order valence-corrected chi connectivity index (χ0v) is 25.3. The van der Waals surface area contributed by atoms with Crippen LogP contribution in [0.1, 0.15) is 34.9 Å². The molecular formula is C41H31N3O. The molecule has 0 atom stereocenters. The van der Waals surface area contributed by atoms with Crippen molar-refractivity contribution in [2.75, 3.05) is 0 Å². The lowest BCUT2D eigenvalue weighted by Gasteiger charge is -2.13. The van der Waals surface area contributed by atoms with E-state index in [1.807, 2.05) is 49.4 Å². The lowest BCUT2D eigenvalue weighted by atomic mass is 10.00. The summed E-state index contributed by atoms with van der Waals surface area (Å²) in [6.07, 6.45) is 6.64. The predicted octanol–water partition coefficient (Wildman–Crippen LogP) is 10.7. The molecule has 0 radical (unpaired) electrons. The van der Waals surface area contributed by atoms with Gasteiger partial charge in [0.1, 0.15) is 17.2 Å². The van der Waals surface area contributed by atoms with E-state index in [1.54, 1.807) is 0 Å². The Labute approximate surface area is 261 Å². The van der Waals surface area contributed by atoms with Crippen LogP contribution in [0.15, 0.2) is 126 Å². The standard InChI is InChI=1S/C41H31N3O/c1-4-12-38-30(5-2)31-17-11-15-29(39(31)45-38)24-27-20-22-37-34(25-27)33-23-26(3)19-21-36(33)44(37)41-32-16-9-10-18-35(32)42-40(43-41)28-13-7-6-8-14-28/h4-23,25H,2,24H2,1,3H3. The number of furan rings is 1. The molecule has 3 heterocycles. The highest BCUT2D eigenvalue weighted by atomic mass is 16.3. The number of hydrogen-bond acceptors (Lipinski definition) is 3. The van der Waals surface area contributed by atoms with Crippen LogP contribution >= 0.6 is 0 Å². The van der Waals surface area contributed by atoms with Crippen LogP contribution in [0.3, 0.4) is 0 Å². The molecule has 0 fully saturated rings. The van der Waals surface area contributed by atoms with E-state index in [4.69, 9.17) is 14.4 Å². The van der Waals surface area contributed by atoms with E-state index in [0.29, 0.717) is 5.82 Å². The van der Waals surface area contributed by atoms with Gasteiger partial charge in [-0.25, -0.2) is 9.97 Å². The molecule has 0 bridgehead atoms. The molecule has 0 saturated carbocycles. The Kier molecular flexibility index (Phi) is 6.42. The highest BCUT2D eigenvalue weighted by Gasteiger charge is 2.19. The zero-order chi connectivity index (χ0) is 30.5. The first-order valence-corrected chi connectivity index (χ1v) is 15.3. The number of rotatable bonds is 6. The summed E-state index contributed by atoms with van der Waals surface area (Å²) in [5.41, 5.74) is 9.69. The van der Waals surface area contributed by atoms with E-state index in [-0.39, 0.29) is 0 Å². The maximum atomic E-state index is 6.38. The molecule has 4 nitrogen and oxygen atoms in total. The molecule has 45 heavy (non-hydrogen) atoms. The second kappa shape index (κ2) is 10.8. The van der Waals surface area contributed by atoms with Gasteiger partial charge in [-0.2, -0.15) is 0 Å². The van der Waals surface area contributed by atoms with Crippen molar-refractivity contribution in [1.82, 2.24) is 14.5 Å². The Morgan fingerprint density at radius 2 is 1.51 bits per heavy atom. The van der Waals surface area contributed by atoms with Crippen LogP contribution in [0.25, 0.3) is 73.0 Å². The Morgan fingerprint density at radius 3 is 2.33 bits per heavy atom. The molecule has 0 aliphatic rings. The number of aromatic nitrogens is 3. The van der Waals surface area contributed by atoms with Gasteiger partial charge in [0.2, 0.25) is 0 Å². The summed E-state index contributed by atoms with van der Waals surface area (Å²) in [5, 5.41) is 4.51. The van der Waals surface area contributed by atoms with E-state index in [0.717, 1.165) is 67.6 Å². The second-order valence-electron chi connectivity index (χ2n) is 11.5. The Morgan fingerprint density at radius 1 is 0.756 bits per heavy atom. The quantitative estimate of drug-likeness (QED) is 0.196. The summed E-state index contributed by atoms with van der Waals surface area (Å²) in [5.74, 6) is 2.44. The third-order valence-electron chi connectivity index (χ3n) is 8.59. The van der Waals surface area contributed by atoms with E-state index < -0.39 is 0 Å². The van der Waals surface area contributed by atoms with Gasteiger partial charge in [-0.05, 0) is 67.4 Å². The van der Waals surface area contributed by atoms with Gasteiger partial charge in [0.05, 0.1) is 16.6 Å². The fourth-order valence-corrected chi connectivity index (χ4v) is 6.53. The molecule has 4 heteroatoms. The molecular weight excluding hydrogens is 550 g/mol. The highest BCUT2D eigenvalue weighted by molar-refractivity contribution is 6.10. The summed E-state index contributed by atoms with van der Waals surface area (Å²) >= 11 is 0. The smallest absolute Gasteiger partial charge is 0.162 e. The molecule has 216 valence electrons. The summed E-state index contributed by atoms with van der Waals surface area (Å²) in [4.78, 5) is 10.2. The van der Waals surface area contributed by atoms with Gasteiger partial charge >= 0.3 is 0 Å². The summed E-state index contributed by atoms with van der Waals surface area (Å²) < 4.78 is 8.68. The van der Waals surface area contributed by atoms with Gasteiger partial charge in [-0.3, -0.25) is 4.57 Å². The van der Waals surface area contributed by atoms with Gasteiger partial charge in [0.15, 0.2) is 5.82 Å². The maximum Gasteiger partial charge on any atom is 0.162 e. The molecule has 0 saturated heterocycles. The molecule has 0 aliphatic heterocycles. The number of benzene rings is 5. The van der Waals surface area contributed by atoms with Crippen LogP contribution in [0.2, 0.25) is 0 Å². The Balaban J connectivity index is 1.34. The van der Waals surface area contributed by atoms with Gasteiger partial charge in [-0.1, -0.05) is 97.1 Å². The molecule has 0 amide bonds. The minimum Gasteiger partial charge on any atom is -0.456 e. The van der Waals surface area contributed by atoms with Crippen molar-refractivity contribution in [3.63, 3.8) is 0 Å². The van der Waals surface area contributed by atoms with Crippen molar-refractivity contribution < 1.29 is 4.42 Å². The van der Waals surface area contributed by atoms with Gasteiger partial charge in [0, 0.05) is 39.1 Å². The number of allylic oxidation sites excluding steroid dienone is 1. The average Bonchev–Trinajstić information content (AvgIpc) is 3.59. The first kappa shape index (κ1) is 26.9. The first-order chi connectivity index (χ1) is 22.1. The lowest BCUT2D eigenvalue weighted by molar-refractivity contribution is 0.599. The third-order valence-corrected chi connectivity index (χ3v) is 8.59.